The van der Waals surface area contributed by atoms with Gasteiger partial charge in [0.1, 0.15) is 0 Å². The number of anilines is 1. The van der Waals surface area contributed by atoms with Gasteiger partial charge in [0, 0.05) is 30.9 Å². The van der Waals surface area contributed by atoms with Gasteiger partial charge in [-0.05, 0) is 55.4 Å². The third kappa shape index (κ3) is 3.57. The minimum atomic E-state index is 0.447. The number of nitrogens with zero attached hydrogens (tertiary/aromatic N) is 1. The number of nitrogens with one attached hydrogen (secondary N) is 2. The molecule has 1 atom stereocenters. The van der Waals surface area contributed by atoms with Crippen molar-refractivity contribution in [1.82, 2.24) is 10.2 Å². The number of likely N-dealkylation sites (tertiary alicyclic amines) is 1. The molecule has 1 aliphatic rings. The lowest BCUT2D eigenvalue weighted by atomic mass is 10.1. The summed E-state index contributed by atoms with van der Waals surface area (Å²) in [4.78, 5) is 2.48. The van der Waals surface area contributed by atoms with E-state index in [-0.39, 0.29) is 0 Å². The summed E-state index contributed by atoms with van der Waals surface area (Å²) in [6, 6.07) is 15.7. The van der Waals surface area contributed by atoms with E-state index in [0.717, 1.165) is 25.2 Å². The summed E-state index contributed by atoms with van der Waals surface area (Å²) in [6.45, 7) is 6.70. The molecule has 116 valence electrons. The van der Waals surface area contributed by atoms with Gasteiger partial charge in [-0.1, -0.05) is 30.3 Å². The van der Waals surface area contributed by atoms with Crippen molar-refractivity contribution in [1.29, 1.82) is 0 Å². The Kier molecular flexibility index (Phi) is 4.60. The quantitative estimate of drug-likeness (QED) is 0.847. The molecule has 3 rings (SSSR count). The summed E-state index contributed by atoms with van der Waals surface area (Å²) >= 11 is 5.46. The maximum Gasteiger partial charge on any atom is 0.171 e. The molecule has 1 saturated heterocycles. The van der Waals surface area contributed by atoms with Crippen LogP contribution in [0.25, 0.3) is 10.8 Å². The fraction of sp³-hybridized carbons (Fsp3) is 0.389. The van der Waals surface area contributed by atoms with Crippen LogP contribution in [0.1, 0.15) is 20.3 Å². The van der Waals surface area contributed by atoms with Gasteiger partial charge >= 0.3 is 0 Å². The lowest BCUT2D eigenvalue weighted by Gasteiger charge is -2.21. The zero-order chi connectivity index (χ0) is 15.5. The van der Waals surface area contributed by atoms with Crippen LogP contribution in [0, 0.1) is 0 Å². The van der Waals surface area contributed by atoms with Crippen molar-refractivity contribution in [2.24, 2.45) is 0 Å². The van der Waals surface area contributed by atoms with Gasteiger partial charge in [-0.15, -0.1) is 0 Å². The van der Waals surface area contributed by atoms with Crippen molar-refractivity contribution in [2.45, 2.75) is 32.4 Å². The highest BCUT2D eigenvalue weighted by molar-refractivity contribution is 7.80. The van der Waals surface area contributed by atoms with Gasteiger partial charge < -0.3 is 10.6 Å². The van der Waals surface area contributed by atoms with Crippen LogP contribution in [0.3, 0.4) is 0 Å². The molecular weight excluding hydrogens is 290 g/mol. The first kappa shape index (κ1) is 15.3. The molecule has 1 fully saturated rings. The molecule has 0 bridgehead atoms. The molecule has 2 N–H and O–H groups in total. The Morgan fingerprint density at radius 1 is 1.18 bits per heavy atom. The molecule has 2 aromatic carbocycles. The normalized spacial score (nSPS) is 18.8. The average Bonchev–Trinajstić information content (AvgIpc) is 2.95. The number of hydrogen-bond donors (Lipinski definition) is 2. The van der Waals surface area contributed by atoms with Crippen LogP contribution in [0.15, 0.2) is 42.5 Å². The number of hydrogen-bond acceptors (Lipinski definition) is 2. The lowest BCUT2D eigenvalue weighted by Crippen LogP contribution is -2.40. The highest BCUT2D eigenvalue weighted by Gasteiger charge is 2.24. The second-order valence-corrected chi connectivity index (χ2v) is 6.64. The van der Waals surface area contributed by atoms with Crippen LogP contribution in [0.5, 0.6) is 0 Å². The minimum Gasteiger partial charge on any atom is -0.358 e. The topological polar surface area (TPSA) is 27.3 Å². The first-order chi connectivity index (χ1) is 10.6. The fourth-order valence-electron chi connectivity index (χ4n) is 2.99. The third-order valence-corrected chi connectivity index (χ3v) is 4.51. The van der Waals surface area contributed by atoms with Crippen molar-refractivity contribution >= 4 is 33.8 Å². The molecule has 0 aromatic heterocycles. The van der Waals surface area contributed by atoms with Crippen LogP contribution in [0.2, 0.25) is 0 Å². The Bertz CT molecular complexity index is 668. The monoisotopic (exact) mass is 313 g/mol. The molecule has 0 saturated carbocycles. The Morgan fingerprint density at radius 3 is 2.68 bits per heavy atom. The van der Waals surface area contributed by atoms with Crippen molar-refractivity contribution in [3.05, 3.63) is 42.5 Å². The summed E-state index contributed by atoms with van der Waals surface area (Å²) in [5.41, 5.74) is 1.04. The lowest BCUT2D eigenvalue weighted by molar-refractivity contribution is 0.271. The minimum absolute atomic E-state index is 0.447. The second-order valence-electron chi connectivity index (χ2n) is 6.23. The average molecular weight is 313 g/mol. The zero-order valence-corrected chi connectivity index (χ0v) is 14.0. The molecule has 0 aliphatic carbocycles. The summed E-state index contributed by atoms with van der Waals surface area (Å²) < 4.78 is 0. The van der Waals surface area contributed by atoms with Crippen molar-refractivity contribution < 1.29 is 0 Å². The first-order valence-corrected chi connectivity index (χ1v) is 8.33. The molecule has 1 unspecified atom stereocenters. The highest BCUT2D eigenvalue weighted by atomic mass is 32.1. The van der Waals surface area contributed by atoms with E-state index in [1.807, 2.05) is 0 Å². The van der Waals surface area contributed by atoms with Gasteiger partial charge in [0.25, 0.3) is 0 Å². The maximum atomic E-state index is 5.46. The van der Waals surface area contributed by atoms with E-state index in [1.54, 1.807) is 0 Å². The van der Waals surface area contributed by atoms with Gasteiger partial charge in [0.15, 0.2) is 5.11 Å². The molecule has 0 radical (unpaired) electrons. The molecule has 22 heavy (non-hydrogen) atoms. The van der Waals surface area contributed by atoms with Crippen LogP contribution in [-0.4, -0.2) is 35.2 Å². The van der Waals surface area contributed by atoms with E-state index in [2.05, 4.69) is 71.8 Å². The Morgan fingerprint density at radius 2 is 1.95 bits per heavy atom. The fourth-order valence-corrected chi connectivity index (χ4v) is 3.28. The maximum absolute atomic E-state index is 5.46. The molecule has 3 nitrogen and oxygen atoms in total. The van der Waals surface area contributed by atoms with E-state index < -0.39 is 0 Å². The number of thiocarbonyl (C=S) groups is 1. The molecule has 1 aliphatic heterocycles. The van der Waals surface area contributed by atoms with Crippen LogP contribution in [-0.2, 0) is 0 Å². The summed E-state index contributed by atoms with van der Waals surface area (Å²) in [5.74, 6) is 0. The standard InChI is InChI=1S/C18H23N3S/c1-13(2)21-10-9-17(12-21)20-18(22)19-16-8-7-14-5-3-4-6-15(14)11-16/h3-8,11,13,17H,9-10,12H2,1-2H3,(H2,19,20,22). The van der Waals surface area contributed by atoms with Gasteiger partial charge in [-0.3, -0.25) is 4.90 Å². The highest BCUT2D eigenvalue weighted by Crippen LogP contribution is 2.19. The van der Waals surface area contributed by atoms with E-state index in [0.29, 0.717) is 17.2 Å². The first-order valence-electron chi connectivity index (χ1n) is 7.92. The Labute approximate surface area is 137 Å². The summed E-state index contributed by atoms with van der Waals surface area (Å²) in [6.07, 6.45) is 1.15. The largest absolute Gasteiger partial charge is 0.358 e. The Balaban J connectivity index is 1.59. The molecule has 2 aromatic rings. The Hall–Kier alpha value is -1.65. The van der Waals surface area contributed by atoms with Gasteiger partial charge in [0.05, 0.1) is 0 Å². The molecule has 1 heterocycles. The van der Waals surface area contributed by atoms with E-state index in [1.165, 1.54) is 10.8 Å². The second kappa shape index (κ2) is 6.63. The number of benzene rings is 2. The van der Waals surface area contributed by atoms with E-state index in [9.17, 15) is 0 Å². The smallest absolute Gasteiger partial charge is 0.171 e. The number of rotatable bonds is 3. The van der Waals surface area contributed by atoms with Crippen molar-refractivity contribution in [2.75, 3.05) is 18.4 Å². The van der Waals surface area contributed by atoms with Crippen molar-refractivity contribution in [3.63, 3.8) is 0 Å². The van der Waals surface area contributed by atoms with Gasteiger partial charge in [0.2, 0.25) is 0 Å². The SMILES string of the molecule is CC(C)N1CCC(NC(=S)Nc2ccc3ccccc3c2)C1. The van der Waals surface area contributed by atoms with E-state index >= 15 is 0 Å². The molecule has 4 heteroatoms. The predicted molar refractivity (Wildman–Crippen MR) is 98.4 cm³/mol. The molecule has 0 spiro atoms. The van der Waals surface area contributed by atoms with Gasteiger partial charge in [-0.2, -0.15) is 0 Å². The summed E-state index contributed by atoms with van der Waals surface area (Å²) in [7, 11) is 0. The number of fused-ring (bicyclic) bond motifs is 1. The third-order valence-electron chi connectivity index (χ3n) is 4.29. The molecular formula is C18H23N3S. The van der Waals surface area contributed by atoms with Crippen molar-refractivity contribution in [3.8, 4) is 0 Å². The van der Waals surface area contributed by atoms with Gasteiger partial charge in [-0.25, -0.2) is 0 Å². The van der Waals surface area contributed by atoms with Crippen LogP contribution in [0.4, 0.5) is 5.69 Å². The van der Waals surface area contributed by atoms with Crippen LogP contribution < -0.4 is 10.6 Å². The van der Waals surface area contributed by atoms with Crippen LogP contribution >= 0.6 is 12.2 Å². The zero-order valence-electron chi connectivity index (χ0n) is 13.2. The van der Waals surface area contributed by atoms with E-state index in [4.69, 9.17) is 12.2 Å². The predicted octanol–water partition coefficient (Wildman–Crippen LogP) is 3.61. The summed E-state index contributed by atoms with van der Waals surface area (Å²) in [5, 5.41) is 9.93. The molecule has 0 amide bonds.